The molecule has 0 aromatic carbocycles. The van der Waals surface area contributed by atoms with Crippen molar-refractivity contribution in [2.45, 2.75) is 44.8 Å². The number of carbonyl (C=O) groups is 1. The molecule has 1 saturated carbocycles. The van der Waals surface area contributed by atoms with Crippen LogP contribution in [0.5, 0.6) is 0 Å². The zero-order valence-electron chi connectivity index (χ0n) is 12.5. The quantitative estimate of drug-likeness (QED) is 0.835. The number of rotatable bonds is 6. The Kier molecular flexibility index (Phi) is 5.28. The lowest BCUT2D eigenvalue weighted by molar-refractivity contribution is -0.122. The minimum atomic E-state index is -0.548. The first-order valence-corrected chi connectivity index (χ1v) is 9.49. The summed E-state index contributed by atoms with van der Waals surface area (Å²) in [5, 5.41) is 15.3. The average molecular weight is 335 g/mol. The number of hydrogen-bond donors (Lipinski definition) is 2. The Morgan fingerprint density at radius 3 is 2.82 bits per heavy atom. The number of carbonyl (C=O) groups excluding carboxylic acids is 1. The van der Waals surface area contributed by atoms with Gasteiger partial charge in [0.25, 0.3) is 0 Å². The minimum absolute atomic E-state index is 0.153. The maximum Gasteiger partial charge on any atom is 0.220 e. The highest BCUT2D eigenvalue weighted by Gasteiger charge is 2.18. The van der Waals surface area contributed by atoms with Gasteiger partial charge in [0.05, 0.1) is 6.54 Å². The lowest BCUT2D eigenvalue weighted by Gasteiger charge is -2.09. The molecule has 2 aromatic rings. The Hall–Kier alpha value is -1.17. The van der Waals surface area contributed by atoms with Crippen molar-refractivity contribution in [3.05, 3.63) is 44.3 Å². The van der Waals surface area contributed by atoms with Crippen LogP contribution in [0.25, 0.3) is 0 Å². The van der Waals surface area contributed by atoms with E-state index in [0.717, 1.165) is 14.6 Å². The van der Waals surface area contributed by atoms with Crippen LogP contribution in [-0.4, -0.2) is 11.0 Å². The monoisotopic (exact) mass is 335 g/mol. The summed E-state index contributed by atoms with van der Waals surface area (Å²) in [6.07, 6.45) is 5.05. The van der Waals surface area contributed by atoms with Crippen molar-refractivity contribution in [2.75, 3.05) is 0 Å². The van der Waals surface area contributed by atoms with Crippen LogP contribution >= 0.6 is 22.7 Å². The summed E-state index contributed by atoms with van der Waals surface area (Å²) in [7, 11) is 0. The minimum Gasteiger partial charge on any atom is -0.382 e. The van der Waals surface area contributed by atoms with E-state index in [1.54, 1.807) is 22.7 Å². The van der Waals surface area contributed by atoms with Crippen molar-refractivity contribution in [1.29, 1.82) is 0 Å². The van der Waals surface area contributed by atoms with Gasteiger partial charge in [-0.3, -0.25) is 4.79 Å². The predicted octanol–water partition coefficient (Wildman–Crippen LogP) is 4.09. The summed E-state index contributed by atoms with van der Waals surface area (Å²) >= 11 is 3.12. The van der Waals surface area contributed by atoms with Gasteiger partial charge in [0.15, 0.2) is 0 Å². The van der Waals surface area contributed by atoms with E-state index < -0.39 is 6.10 Å². The van der Waals surface area contributed by atoms with Gasteiger partial charge in [0.2, 0.25) is 5.91 Å². The topological polar surface area (TPSA) is 49.3 Å². The van der Waals surface area contributed by atoms with E-state index in [9.17, 15) is 9.90 Å². The molecular weight excluding hydrogens is 314 g/mol. The molecule has 3 rings (SSSR count). The average Bonchev–Trinajstić information content (AvgIpc) is 3.26. The Morgan fingerprint density at radius 1 is 1.27 bits per heavy atom. The fourth-order valence-electron chi connectivity index (χ4n) is 2.96. The van der Waals surface area contributed by atoms with E-state index >= 15 is 0 Å². The molecule has 2 aromatic heterocycles. The molecule has 1 fully saturated rings. The van der Waals surface area contributed by atoms with E-state index in [-0.39, 0.29) is 5.91 Å². The van der Waals surface area contributed by atoms with Gasteiger partial charge in [0.1, 0.15) is 6.10 Å². The molecule has 1 atom stereocenters. The number of thiophene rings is 2. The second kappa shape index (κ2) is 7.40. The summed E-state index contributed by atoms with van der Waals surface area (Å²) in [5.74, 6) is 0.736. The van der Waals surface area contributed by atoms with E-state index in [0.29, 0.717) is 18.9 Å². The first-order chi connectivity index (χ1) is 10.7. The molecule has 3 nitrogen and oxygen atoms in total. The van der Waals surface area contributed by atoms with E-state index in [1.807, 2.05) is 29.6 Å². The first kappa shape index (κ1) is 15.7. The summed E-state index contributed by atoms with van der Waals surface area (Å²) in [6, 6.07) is 7.83. The van der Waals surface area contributed by atoms with Crippen LogP contribution in [0.15, 0.2) is 29.6 Å². The van der Waals surface area contributed by atoms with Gasteiger partial charge < -0.3 is 10.4 Å². The summed E-state index contributed by atoms with van der Waals surface area (Å²) < 4.78 is 0. The smallest absolute Gasteiger partial charge is 0.220 e. The highest BCUT2D eigenvalue weighted by molar-refractivity contribution is 7.12. The van der Waals surface area contributed by atoms with Crippen molar-refractivity contribution in [1.82, 2.24) is 5.32 Å². The standard InChI is InChI=1S/C17H21NO2S2/c19-16(10-12-4-1-2-5-12)18-11-13-7-8-15(22-13)17(20)14-6-3-9-21-14/h3,6-9,12,17,20H,1-2,4-5,10-11H2,(H,18,19). The normalized spacial score (nSPS) is 16.8. The van der Waals surface area contributed by atoms with Crippen LogP contribution in [0.2, 0.25) is 0 Å². The molecule has 1 aliphatic carbocycles. The number of amides is 1. The molecule has 0 spiro atoms. The van der Waals surface area contributed by atoms with Gasteiger partial charge in [-0.2, -0.15) is 0 Å². The molecule has 0 radical (unpaired) electrons. The fraction of sp³-hybridized carbons (Fsp3) is 0.471. The maximum absolute atomic E-state index is 11.9. The van der Waals surface area contributed by atoms with Crippen molar-refractivity contribution in [3.8, 4) is 0 Å². The van der Waals surface area contributed by atoms with Crippen molar-refractivity contribution in [2.24, 2.45) is 5.92 Å². The molecule has 22 heavy (non-hydrogen) atoms. The highest BCUT2D eigenvalue weighted by Crippen LogP contribution is 2.31. The summed E-state index contributed by atoms with van der Waals surface area (Å²) in [4.78, 5) is 14.9. The SMILES string of the molecule is O=C(CC1CCCC1)NCc1ccc(C(O)c2cccs2)s1. The summed E-state index contributed by atoms with van der Waals surface area (Å²) in [5.41, 5.74) is 0. The lowest BCUT2D eigenvalue weighted by atomic mass is 10.0. The van der Waals surface area contributed by atoms with E-state index in [1.165, 1.54) is 25.7 Å². The van der Waals surface area contributed by atoms with Crippen molar-refractivity contribution >= 4 is 28.6 Å². The van der Waals surface area contributed by atoms with Crippen LogP contribution in [0.4, 0.5) is 0 Å². The van der Waals surface area contributed by atoms with E-state index in [4.69, 9.17) is 0 Å². The Morgan fingerprint density at radius 2 is 2.09 bits per heavy atom. The number of aliphatic hydroxyl groups excluding tert-OH is 1. The Balaban J connectivity index is 1.50. The van der Waals surface area contributed by atoms with Gasteiger partial charge in [-0.15, -0.1) is 22.7 Å². The van der Waals surface area contributed by atoms with Crippen molar-refractivity contribution < 1.29 is 9.90 Å². The van der Waals surface area contributed by atoms with Crippen LogP contribution in [0, 0.1) is 5.92 Å². The van der Waals surface area contributed by atoms with E-state index in [2.05, 4.69) is 5.32 Å². The summed E-state index contributed by atoms with van der Waals surface area (Å²) in [6.45, 7) is 0.563. The van der Waals surface area contributed by atoms with Crippen LogP contribution in [0.1, 0.15) is 52.8 Å². The molecule has 1 amide bonds. The van der Waals surface area contributed by atoms with Gasteiger partial charge in [0, 0.05) is 21.1 Å². The molecule has 2 heterocycles. The molecule has 118 valence electrons. The molecule has 1 aliphatic rings. The Labute approximate surface area is 139 Å². The Bertz CT molecular complexity index is 600. The first-order valence-electron chi connectivity index (χ1n) is 7.79. The molecule has 0 bridgehead atoms. The zero-order chi connectivity index (χ0) is 15.4. The third-order valence-corrected chi connectivity index (χ3v) is 6.24. The zero-order valence-corrected chi connectivity index (χ0v) is 14.1. The van der Waals surface area contributed by atoms with Gasteiger partial charge >= 0.3 is 0 Å². The van der Waals surface area contributed by atoms with Crippen LogP contribution in [-0.2, 0) is 11.3 Å². The number of hydrogen-bond acceptors (Lipinski definition) is 4. The number of nitrogens with one attached hydrogen (secondary N) is 1. The second-order valence-corrected chi connectivity index (χ2v) is 8.03. The second-order valence-electron chi connectivity index (χ2n) is 5.85. The largest absolute Gasteiger partial charge is 0.382 e. The van der Waals surface area contributed by atoms with Gasteiger partial charge in [-0.05, 0) is 42.3 Å². The predicted molar refractivity (Wildman–Crippen MR) is 91.1 cm³/mol. The van der Waals surface area contributed by atoms with Gasteiger partial charge in [-0.1, -0.05) is 18.9 Å². The fourth-order valence-corrected chi connectivity index (χ4v) is 4.72. The maximum atomic E-state index is 11.9. The molecule has 0 saturated heterocycles. The third-order valence-electron chi connectivity index (χ3n) is 4.17. The van der Waals surface area contributed by atoms with Crippen LogP contribution < -0.4 is 5.32 Å². The molecule has 5 heteroatoms. The molecular formula is C17H21NO2S2. The highest BCUT2D eigenvalue weighted by atomic mass is 32.1. The third kappa shape index (κ3) is 3.97. The molecule has 1 unspecified atom stereocenters. The van der Waals surface area contributed by atoms with Crippen LogP contribution in [0.3, 0.4) is 0 Å². The molecule has 0 aliphatic heterocycles. The lowest BCUT2D eigenvalue weighted by Crippen LogP contribution is -2.24. The van der Waals surface area contributed by atoms with Gasteiger partial charge in [-0.25, -0.2) is 0 Å². The number of aliphatic hydroxyl groups is 1. The molecule has 2 N–H and O–H groups in total. The van der Waals surface area contributed by atoms with Crippen molar-refractivity contribution in [3.63, 3.8) is 0 Å².